The number of carbonyl (C=O) groups is 1. The van der Waals surface area contributed by atoms with Crippen molar-refractivity contribution in [1.82, 2.24) is 5.32 Å². The zero-order valence-corrected chi connectivity index (χ0v) is 10.9. The lowest BCUT2D eigenvalue weighted by molar-refractivity contribution is 0.0646. The minimum atomic E-state index is -0.166. The number of carbonyl (C=O) groups excluding carboxylic acids is 1. The van der Waals surface area contributed by atoms with Gasteiger partial charge in [0.05, 0.1) is 13.2 Å². The second-order valence-corrected chi connectivity index (χ2v) is 3.61. The fraction of sp³-hybridized carbons (Fsp3) is 0.462. The summed E-state index contributed by atoms with van der Waals surface area (Å²) in [6, 6.07) is 9.36. The lowest BCUT2D eigenvalue weighted by Gasteiger charge is -2.21. The van der Waals surface area contributed by atoms with E-state index in [9.17, 15) is 4.79 Å². The molecule has 0 radical (unpaired) electrons. The van der Waals surface area contributed by atoms with Gasteiger partial charge in [-0.3, -0.25) is 4.90 Å². The average molecular weight is 252 g/mol. The molecule has 1 aromatic carbocycles. The highest BCUT2D eigenvalue weighted by atomic mass is 16.5. The molecule has 0 bridgehead atoms. The molecule has 0 aromatic heterocycles. The smallest absolute Gasteiger partial charge is 0.323 e. The van der Waals surface area contributed by atoms with E-state index in [4.69, 9.17) is 9.47 Å². The summed E-state index contributed by atoms with van der Waals surface area (Å²) in [6.45, 7) is 3.71. The highest BCUT2D eigenvalue weighted by Crippen LogP contribution is 2.12. The van der Waals surface area contributed by atoms with Crippen LogP contribution in [-0.2, 0) is 9.47 Å². The van der Waals surface area contributed by atoms with Crippen molar-refractivity contribution in [2.45, 2.75) is 6.92 Å². The molecule has 0 unspecified atom stereocenters. The van der Waals surface area contributed by atoms with Crippen LogP contribution in [0.25, 0.3) is 0 Å². The lowest BCUT2D eigenvalue weighted by atomic mass is 10.3. The highest BCUT2D eigenvalue weighted by Gasteiger charge is 2.12. The fourth-order valence-electron chi connectivity index (χ4n) is 1.47. The number of hydrogen-bond donors (Lipinski definition) is 1. The van der Waals surface area contributed by atoms with Crippen molar-refractivity contribution in [3.8, 4) is 0 Å². The van der Waals surface area contributed by atoms with E-state index in [1.54, 1.807) is 12.0 Å². The van der Waals surface area contributed by atoms with E-state index in [1.807, 2.05) is 37.3 Å². The van der Waals surface area contributed by atoms with E-state index in [2.05, 4.69) is 5.32 Å². The predicted octanol–water partition coefficient (Wildman–Crippen LogP) is 1.84. The molecule has 0 atom stereocenters. The van der Waals surface area contributed by atoms with Gasteiger partial charge in [0.25, 0.3) is 0 Å². The number of nitrogens with one attached hydrogen (secondary N) is 1. The number of benzene rings is 1. The van der Waals surface area contributed by atoms with Gasteiger partial charge in [-0.1, -0.05) is 18.2 Å². The Hall–Kier alpha value is -1.59. The monoisotopic (exact) mass is 252 g/mol. The molecule has 0 saturated heterocycles. The Morgan fingerprint density at radius 1 is 1.28 bits per heavy atom. The zero-order valence-electron chi connectivity index (χ0n) is 10.9. The zero-order chi connectivity index (χ0) is 13.2. The van der Waals surface area contributed by atoms with Crippen LogP contribution in [0.1, 0.15) is 6.92 Å². The van der Waals surface area contributed by atoms with E-state index in [-0.39, 0.29) is 12.8 Å². The van der Waals surface area contributed by atoms with Crippen LogP contribution in [0.15, 0.2) is 30.3 Å². The van der Waals surface area contributed by atoms with Crippen molar-refractivity contribution < 1.29 is 14.3 Å². The summed E-state index contributed by atoms with van der Waals surface area (Å²) >= 11 is 0. The fourth-order valence-corrected chi connectivity index (χ4v) is 1.47. The average Bonchev–Trinajstić information content (AvgIpc) is 2.40. The minimum Gasteiger partial charge on any atom is -0.382 e. The summed E-state index contributed by atoms with van der Waals surface area (Å²) in [5.41, 5.74) is 0.870. The van der Waals surface area contributed by atoms with E-state index >= 15 is 0 Å². The Morgan fingerprint density at radius 3 is 2.61 bits per heavy atom. The van der Waals surface area contributed by atoms with Gasteiger partial charge in [0.2, 0.25) is 0 Å². The Kier molecular flexibility index (Phi) is 6.83. The van der Waals surface area contributed by atoms with Crippen LogP contribution in [0.2, 0.25) is 0 Å². The SMILES string of the molecule is CCN(C(=O)NCOCCOC)c1ccccc1. The van der Waals surface area contributed by atoms with Gasteiger partial charge in [-0.25, -0.2) is 4.79 Å². The van der Waals surface area contributed by atoms with E-state index in [1.165, 1.54) is 0 Å². The molecular formula is C13H20N2O3. The second kappa shape index (κ2) is 8.49. The molecule has 0 fully saturated rings. The third-order valence-corrected chi connectivity index (χ3v) is 2.39. The molecule has 0 aliphatic heterocycles. The van der Waals surface area contributed by atoms with Crippen molar-refractivity contribution in [3.63, 3.8) is 0 Å². The number of hydrogen-bond acceptors (Lipinski definition) is 3. The number of rotatable bonds is 7. The second-order valence-electron chi connectivity index (χ2n) is 3.61. The first-order valence-corrected chi connectivity index (χ1v) is 5.96. The topological polar surface area (TPSA) is 50.8 Å². The molecule has 0 heterocycles. The van der Waals surface area contributed by atoms with Crippen molar-refractivity contribution >= 4 is 11.7 Å². The Bertz CT molecular complexity index is 343. The molecule has 1 rings (SSSR count). The first kappa shape index (κ1) is 14.5. The normalized spacial score (nSPS) is 10.1. The van der Waals surface area contributed by atoms with Crippen LogP contribution in [0.4, 0.5) is 10.5 Å². The summed E-state index contributed by atoms with van der Waals surface area (Å²) in [6.07, 6.45) is 0. The molecule has 0 aliphatic rings. The van der Waals surface area contributed by atoms with Crippen LogP contribution >= 0.6 is 0 Å². The Labute approximate surface area is 108 Å². The summed E-state index contributed by atoms with van der Waals surface area (Å²) < 4.78 is 10.0. The van der Waals surface area contributed by atoms with Gasteiger partial charge in [0, 0.05) is 19.3 Å². The molecule has 1 aromatic rings. The van der Waals surface area contributed by atoms with Gasteiger partial charge in [-0.05, 0) is 19.1 Å². The van der Waals surface area contributed by atoms with Gasteiger partial charge in [-0.15, -0.1) is 0 Å². The number of nitrogens with zero attached hydrogens (tertiary/aromatic N) is 1. The molecule has 18 heavy (non-hydrogen) atoms. The first-order valence-electron chi connectivity index (χ1n) is 5.96. The van der Waals surface area contributed by atoms with Gasteiger partial charge in [-0.2, -0.15) is 0 Å². The maximum Gasteiger partial charge on any atom is 0.323 e. The van der Waals surface area contributed by atoms with Crippen LogP contribution < -0.4 is 10.2 Å². The number of anilines is 1. The molecule has 0 aliphatic carbocycles. The van der Waals surface area contributed by atoms with Gasteiger partial charge in [0.15, 0.2) is 0 Å². The number of ether oxygens (including phenoxy) is 2. The van der Waals surface area contributed by atoms with Crippen molar-refractivity contribution in [2.75, 3.05) is 38.5 Å². The van der Waals surface area contributed by atoms with Crippen LogP contribution in [0.5, 0.6) is 0 Å². The predicted molar refractivity (Wildman–Crippen MR) is 70.7 cm³/mol. The molecule has 0 saturated carbocycles. The molecule has 1 N–H and O–H groups in total. The highest BCUT2D eigenvalue weighted by molar-refractivity contribution is 5.91. The molecule has 5 heteroatoms. The first-order chi connectivity index (χ1) is 8.79. The van der Waals surface area contributed by atoms with Crippen molar-refractivity contribution in [3.05, 3.63) is 30.3 Å². The third kappa shape index (κ3) is 4.73. The molecule has 2 amide bonds. The maximum atomic E-state index is 11.9. The summed E-state index contributed by atoms with van der Waals surface area (Å²) in [5, 5.41) is 2.70. The molecule has 5 nitrogen and oxygen atoms in total. The summed E-state index contributed by atoms with van der Waals surface area (Å²) in [4.78, 5) is 13.6. The maximum absolute atomic E-state index is 11.9. The van der Waals surface area contributed by atoms with E-state index in [0.717, 1.165) is 5.69 Å². The van der Waals surface area contributed by atoms with Crippen molar-refractivity contribution in [1.29, 1.82) is 0 Å². The number of urea groups is 1. The van der Waals surface area contributed by atoms with Crippen LogP contribution in [0, 0.1) is 0 Å². The molecule has 0 spiro atoms. The van der Waals surface area contributed by atoms with Gasteiger partial charge >= 0.3 is 6.03 Å². The Balaban J connectivity index is 2.39. The summed E-state index contributed by atoms with van der Waals surface area (Å²) in [7, 11) is 1.61. The van der Waals surface area contributed by atoms with E-state index < -0.39 is 0 Å². The lowest BCUT2D eigenvalue weighted by Crippen LogP contribution is -2.41. The van der Waals surface area contributed by atoms with Crippen LogP contribution in [-0.4, -0.2) is 39.6 Å². The minimum absolute atomic E-state index is 0.166. The number of methoxy groups -OCH3 is 1. The van der Waals surface area contributed by atoms with Crippen LogP contribution in [0.3, 0.4) is 0 Å². The number of amides is 2. The summed E-state index contributed by atoms with van der Waals surface area (Å²) in [5.74, 6) is 0. The third-order valence-electron chi connectivity index (χ3n) is 2.39. The standard InChI is InChI=1S/C13H20N2O3/c1-3-15(12-7-5-4-6-8-12)13(16)14-11-18-10-9-17-2/h4-8H,3,9-11H2,1-2H3,(H,14,16). The molecule has 100 valence electrons. The quantitative estimate of drug-likeness (QED) is 0.595. The largest absolute Gasteiger partial charge is 0.382 e. The Morgan fingerprint density at radius 2 is 2.00 bits per heavy atom. The number of para-hydroxylation sites is 1. The molecular weight excluding hydrogens is 232 g/mol. The van der Waals surface area contributed by atoms with Gasteiger partial charge in [0.1, 0.15) is 6.73 Å². The van der Waals surface area contributed by atoms with E-state index in [0.29, 0.717) is 19.8 Å². The van der Waals surface area contributed by atoms with Gasteiger partial charge < -0.3 is 14.8 Å². The van der Waals surface area contributed by atoms with Crippen molar-refractivity contribution in [2.24, 2.45) is 0 Å².